The van der Waals surface area contributed by atoms with Gasteiger partial charge in [-0.05, 0) is 25.4 Å². The van der Waals surface area contributed by atoms with Crippen LogP contribution in [0.25, 0.3) is 0 Å². The second-order valence-corrected chi connectivity index (χ2v) is 5.47. The topological polar surface area (TPSA) is 58.0 Å². The van der Waals surface area contributed by atoms with Crippen LogP contribution in [0.1, 0.15) is 11.4 Å². The Morgan fingerprint density at radius 1 is 0.857 bits per heavy atom. The van der Waals surface area contributed by atoms with Crippen molar-refractivity contribution in [2.75, 3.05) is 36.0 Å². The van der Waals surface area contributed by atoms with Crippen LogP contribution in [0.4, 0.5) is 11.6 Å². The molecule has 0 bridgehead atoms. The van der Waals surface area contributed by atoms with Crippen molar-refractivity contribution >= 4 is 23.2 Å². The van der Waals surface area contributed by atoms with Crippen LogP contribution in [0.15, 0.2) is 18.5 Å². The summed E-state index contributed by atoms with van der Waals surface area (Å²) < 4.78 is 0. The van der Waals surface area contributed by atoms with Gasteiger partial charge in [-0.15, -0.1) is 0 Å². The fourth-order valence-corrected chi connectivity index (χ4v) is 2.68. The second kappa shape index (κ2) is 5.81. The lowest BCUT2D eigenvalue weighted by molar-refractivity contribution is 0.639. The average Bonchev–Trinajstić information content (AvgIpc) is 2.46. The van der Waals surface area contributed by atoms with E-state index in [1.165, 1.54) is 0 Å². The van der Waals surface area contributed by atoms with Gasteiger partial charge in [0.25, 0.3) is 0 Å². The van der Waals surface area contributed by atoms with Gasteiger partial charge in [0.15, 0.2) is 0 Å². The van der Waals surface area contributed by atoms with E-state index in [-0.39, 0.29) is 0 Å². The maximum atomic E-state index is 5.94. The molecule has 2 aromatic heterocycles. The number of halogens is 1. The summed E-state index contributed by atoms with van der Waals surface area (Å²) in [6, 6.07) is 3.98. The molecule has 3 rings (SSSR count). The Hall–Kier alpha value is -1.95. The predicted molar refractivity (Wildman–Crippen MR) is 83.0 cm³/mol. The van der Waals surface area contributed by atoms with Gasteiger partial charge in [0.05, 0.1) is 0 Å². The van der Waals surface area contributed by atoms with Gasteiger partial charge in [-0.1, -0.05) is 0 Å². The van der Waals surface area contributed by atoms with Crippen molar-refractivity contribution < 1.29 is 0 Å². The number of piperazine rings is 1. The van der Waals surface area contributed by atoms with Crippen molar-refractivity contribution in [3.05, 3.63) is 35.1 Å². The first kappa shape index (κ1) is 14.0. The van der Waals surface area contributed by atoms with Crippen molar-refractivity contribution in [3.8, 4) is 0 Å². The first-order valence-corrected chi connectivity index (χ1v) is 7.29. The summed E-state index contributed by atoms with van der Waals surface area (Å²) >= 11 is 5.94. The SMILES string of the molecule is Cc1cc(N2CCN(c3cc(C)nc(Cl)n3)CC2)ncn1. The number of aryl methyl sites for hydroxylation is 2. The minimum absolute atomic E-state index is 0.304. The summed E-state index contributed by atoms with van der Waals surface area (Å²) in [6.45, 7) is 7.48. The molecular formula is C14H17ClN6. The van der Waals surface area contributed by atoms with Crippen LogP contribution in [-0.4, -0.2) is 46.1 Å². The summed E-state index contributed by atoms with van der Waals surface area (Å²) in [5.41, 5.74) is 1.87. The van der Waals surface area contributed by atoms with Gasteiger partial charge in [0.1, 0.15) is 18.0 Å². The van der Waals surface area contributed by atoms with E-state index in [1.54, 1.807) is 6.33 Å². The molecule has 0 unspecified atom stereocenters. The maximum Gasteiger partial charge on any atom is 0.224 e. The summed E-state index contributed by atoms with van der Waals surface area (Å²) in [4.78, 5) is 21.4. The van der Waals surface area contributed by atoms with Gasteiger partial charge in [-0.2, -0.15) is 0 Å². The third kappa shape index (κ3) is 3.21. The smallest absolute Gasteiger partial charge is 0.224 e. The van der Waals surface area contributed by atoms with E-state index in [0.717, 1.165) is 49.2 Å². The highest BCUT2D eigenvalue weighted by atomic mass is 35.5. The van der Waals surface area contributed by atoms with E-state index < -0.39 is 0 Å². The molecule has 0 saturated carbocycles. The van der Waals surface area contributed by atoms with Crippen LogP contribution >= 0.6 is 11.6 Å². The first-order valence-electron chi connectivity index (χ1n) is 6.91. The normalized spacial score (nSPS) is 15.4. The Labute approximate surface area is 128 Å². The summed E-state index contributed by atoms with van der Waals surface area (Å²) in [5, 5.41) is 0.304. The third-order valence-corrected chi connectivity index (χ3v) is 3.70. The number of nitrogens with zero attached hydrogens (tertiary/aromatic N) is 6. The summed E-state index contributed by atoms with van der Waals surface area (Å²) in [6.07, 6.45) is 1.62. The van der Waals surface area contributed by atoms with E-state index in [1.807, 2.05) is 26.0 Å². The Balaban J connectivity index is 1.70. The minimum Gasteiger partial charge on any atom is -0.353 e. The second-order valence-electron chi connectivity index (χ2n) is 5.13. The van der Waals surface area contributed by atoms with Gasteiger partial charge < -0.3 is 9.80 Å². The molecule has 0 spiro atoms. The van der Waals surface area contributed by atoms with Crippen molar-refractivity contribution in [3.63, 3.8) is 0 Å². The Morgan fingerprint density at radius 3 is 2.10 bits per heavy atom. The molecule has 0 radical (unpaired) electrons. The molecule has 0 aliphatic carbocycles. The van der Waals surface area contributed by atoms with Gasteiger partial charge in [0.2, 0.25) is 5.28 Å². The molecule has 2 aromatic rings. The molecule has 1 fully saturated rings. The highest BCUT2D eigenvalue weighted by molar-refractivity contribution is 6.28. The zero-order chi connectivity index (χ0) is 14.8. The Bertz CT molecular complexity index is 619. The van der Waals surface area contributed by atoms with E-state index in [4.69, 9.17) is 11.6 Å². The molecule has 1 aliphatic heterocycles. The van der Waals surface area contributed by atoms with Crippen molar-refractivity contribution in [2.24, 2.45) is 0 Å². The quantitative estimate of drug-likeness (QED) is 0.789. The van der Waals surface area contributed by atoms with Crippen molar-refractivity contribution in [2.45, 2.75) is 13.8 Å². The fourth-order valence-electron chi connectivity index (χ4n) is 2.46. The fraction of sp³-hybridized carbons (Fsp3) is 0.429. The molecule has 0 amide bonds. The largest absolute Gasteiger partial charge is 0.353 e. The number of rotatable bonds is 2. The predicted octanol–water partition coefficient (Wildman–Crippen LogP) is 1.86. The Morgan fingerprint density at radius 2 is 1.48 bits per heavy atom. The Kier molecular flexibility index (Phi) is 3.88. The van der Waals surface area contributed by atoms with Gasteiger partial charge in [0, 0.05) is 49.7 Å². The maximum absolute atomic E-state index is 5.94. The minimum atomic E-state index is 0.304. The highest BCUT2D eigenvalue weighted by Gasteiger charge is 2.19. The molecule has 110 valence electrons. The van der Waals surface area contributed by atoms with Gasteiger partial charge in [-0.3, -0.25) is 0 Å². The monoisotopic (exact) mass is 304 g/mol. The molecule has 7 heteroatoms. The van der Waals surface area contributed by atoms with E-state index in [2.05, 4.69) is 29.7 Å². The zero-order valence-corrected chi connectivity index (χ0v) is 12.9. The number of aromatic nitrogens is 4. The van der Waals surface area contributed by atoms with Crippen LogP contribution in [0.5, 0.6) is 0 Å². The summed E-state index contributed by atoms with van der Waals surface area (Å²) in [7, 11) is 0. The summed E-state index contributed by atoms with van der Waals surface area (Å²) in [5.74, 6) is 1.88. The molecule has 0 N–H and O–H groups in total. The molecule has 0 atom stereocenters. The number of hydrogen-bond acceptors (Lipinski definition) is 6. The molecule has 0 aromatic carbocycles. The lowest BCUT2D eigenvalue weighted by atomic mass is 10.3. The lowest BCUT2D eigenvalue weighted by Gasteiger charge is -2.36. The van der Waals surface area contributed by atoms with Crippen LogP contribution < -0.4 is 9.80 Å². The van der Waals surface area contributed by atoms with Crippen LogP contribution in [0.3, 0.4) is 0 Å². The van der Waals surface area contributed by atoms with Crippen LogP contribution in [0, 0.1) is 13.8 Å². The molecule has 21 heavy (non-hydrogen) atoms. The van der Waals surface area contributed by atoms with Gasteiger partial charge >= 0.3 is 0 Å². The molecular weight excluding hydrogens is 288 g/mol. The van der Waals surface area contributed by atoms with Crippen molar-refractivity contribution in [1.29, 1.82) is 0 Å². The van der Waals surface area contributed by atoms with E-state index >= 15 is 0 Å². The first-order chi connectivity index (χ1) is 10.1. The molecule has 1 aliphatic rings. The number of anilines is 2. The molecule has 3 heterocycles. The average molecular weight is 305 g/mol. The zero-order valence-electron chi connectivity index (χ0n) is 12.1. The standard InChI is InChI=1S/C14H17ClN6/c1-10-7-12(17-9-16-10)20-3-5-21(6-4-20)13-8-11(2)18-14(15)19-13/h7-9H,3-6H2,1-2H3. The van der Waals surface area contributed by atoms with E-state index in [0.29, 0.717) is 5.28 Å². The van der Waals surface area contributed by atoms with Crippen molar-refractivity contribution in [1.82, 2.24) is 19.9 Å². The third-order valence-electron chi connectivity index (χ3n) is 3.53. The van der Waals surface area contributed by atoms with Gasteiger partial charge in [-0.25, -0.2) is 19.9 Å². The lowest BCUT2D eigenvalue weighted by Crippen LogP contribution is -2.47. The van der Waals surface area contributed by atoms with Crippen LogP contribution in [0.2, 0.25) is 5.28 Å². The number of hydrogen-bond donors (Lipinski definition) is 0. The molecule has 6 nitrogen and oxygen atoms in total. The highest BCUT2D eigenvalue weighted by Crippen LogP contribution is 2.19. The van der Waals surface area contributed by atoms with E-state index in [9.17, 15) is 0 Å². The van der Waals surface area contributed by atoms with Crippen LogP contribution in [-0.2, 0) is 0 Å². The molecule has 1 saturated heterocycles.